The van der Waals surface area contributed by atoms with Crippen LogP contribution in [0.4, 0.5) is 0 Å². The standard InChI is InChI=1S/C10H12O3/c1-10(2,3)6-4-5-7(6)9(12)13-8(5)11/h4-5,7H,1-3H3. The molecule has 70 valence electrons. The van der Waals surface area contributed by atoms with E-state index in [0.717, 1.165) is 5.57 Å². The molecule has 1 heterocycles. The van der Waals surface area contributed by atoms with E-state index in [0.29, 0.717) is 0 Å². The second kappa shape index (κ2) is 2.22. The third-order valence-corrected chi connectivity index (χ3v) is 2.65. The second-order valence-electron chi connectivity index (χ2n) is 4.62. The van der Waals surface area contributed by atoms with Gasteiger partial charge in [0.1, 0.15) is 0 Å². The smallest absolute Gasteiger partial charge is 0.321 e. The summed E-state index contributed by atoms with van der Waals surface area (Å²) in [7, 11) is 0. The van der Waals surface area contributed by atoms with E-state index in [2.05, 4.69) is 4.74 Å². The summed E-state index contributed by atoms with van der Waals surface area (Å²) in [6, 6.07) is 0. The highest BCUT2D eigenvalue weighted by Crippen LogP contribution is 2.48. The van der Waals surface area contributed by atoms with E-state index >= 15 is 0 Å². The molecule has 0 aromatic heterocycles. The Balaban J connectivity index is 2.31. The molecule has 1 aliphatic heterocycles. The minimum atomic E-state index is -0.386. The summed E-state index contributed by atoms with van der Waals surface area (Å²) < 4.78 is 4.54. The van der Waals surface area contributed by atoms with E-state index in [1.165, 1.54) is 0 Å². The number of rotatable bonds is 0. The lowest BCUT2D eigenvalue weighted by molar-refractivity contribution is -0.153. The molecule has 0 aromatic carbocycles. The Labute approximate surface area is 76.8 Å². The zero-order chi connectivity index (χ0) is 9.80. The first kappa shape index (κ1) is 8.48. The van der Waals surface area contributed by atoms with Crippen molar-refractivity contribution in [2.24, 2.45) is 17.3 Å². The Morgan fingerprint density at radius 2 is 1.85 bits per heavy atom. The molecule has 1 saturated heterocycles. The molecule has 13 heavy (non-hydrogen) atoms. The molecule has 3 nitrogen and oxygen atoms in total. The van der Waals surface area contributed by atoms with Gasteiger partial charge in [-0.15, -0.1) is 0 Å². The molecule has 1 aliphatic carbocycles. The van der Waals surface area contributed by atoms with Gasteiger partial charge in [0, 0.05) is 0 Å². The van der Waals surface area contributed by atoms with Crippen molar-refractivity contribution < 1.29 is 14.3 Å². The van der Waals surface area contributed by atoms with Gasteiger partial charge in [0.2, 0.25) is 0 Å². The summed E-state index contributed by atoms with van der Waals surface area (Å²) in [5, 5.41) is 0. The molecule has 0 spiro atoms. The van der Waals surface area contributed by atoms with Crippen molar-refractivity contribution in [3.8, 4) is 0 Å². The normalized spacial score (nSPS) is 32.1. The summed E-state index contributed by atoms with van der Waals surface area (Å²) in [6.07, 6.45) is 1.86. The number of esters is 2. The molecule has 0 amide bonds. The molecule has 0 saturated carbocycles. The molecule has 0 bridgehead atoms. The van der Waals surface area contributed by atoms with Gasteiger partial charge in [0.05, 0.1) is 11.8 Å². The van der Waals surface area contributed by atoms with Gasteiger partial charge < -0.3 is 4.74 Å². The number of fused-ring (bicyclic) bond motifs is 1. The first-order valence-corrected chi connectivity index (χ1v) is 4.39. The van der Waals surface area contributed by atoms with E-state index < -0.39 is 0 Å². The van der Waals surface area contributed by atoms with Crippen LogP contribution in [0.25, 0.3) is 0 Å². The molecule has 0 radical (unpaired) electrons. The molecule has 0 aromatic rings. The predicted octanol–water partition coefficient (Wildman–Crippen LogP) is 1.29. The number of cyclic esters (lactones) is 2. The number of ether oxygens (including phenoxy) is 1. The third-order valence-electron chi connectivity index (χ3n) is 2.65. The summed E-state index contributed by atoms with van der Waals surface area (Å²) in [5.74, 6) is -1.33. The SMILES string of the molecule is CC(C)(C)C1=CC2C(=O)OC(=O)C12. The minimum Gasteiger partial charge on any atom is -0.392 e. The monoisotopic (exact) mass is 180 g/mol. The maximum absolute atomic E-state index is 11.2. The van der Waals surface area contributed by atoms with Crippen molar-refractivity contribution in [1.29, 1.82) is 0 Å². The predicted molar refractivity (Wildman–Crippen MR) is 45.6 cm³/mol. The van der Waals surface area contributed by atoms with Gasteiger partial charge >= 0.3 is 11.9 Å². The van der Waals surface area contributed by atoms with Gasteiger partial charge in [-0.3, -0.25) is 9.59 Å². The highest BCUT2D eigenvalue weighted by molar-refractivity contribution is 6.01. The largest absolute Gasteiger partial charge is 0.392 e. The molecule has 2 aliphatic rings. The van der Waals surface area contributed by atoms with Gasteiger partial charge in [0.15, 0.2) is 0 Å². The molecule has 1 fully saturated rings. The molecular formula is C10H12O3. The maximum atomic E-state index is 11.2. The highest BCUT2D eigenvalue weighted by atomic mass is 16.6. The minimum absolute atomic E-state index is 0.0369. The van der Waals surface area contributed by atoms with Crippen molar-refractivity contribution in [2.75, 3.05) is 0 Å². The van der Waals surface area contributed by atoms with Gasteiger partial charge in [-0.05, 0) is 5.41 Å². The molecule has 0 N–H and O–H groups in total. The van der Waals surface area contributed by atoms with E-state index in [4.69, 9.17) is 0 Å². The fourth-order valence-corrected chi connectivity index (χ4v) is 1.89. The van der Waals surface area contributed by atoms with Gasteiger partial charge in [-0.1, -0.05) is 32.4 Å². The Bertz CT molecular complexity index is 320. The average molecular weight is 180 g/mol. The van der Waals surface area contributed by atoms with Crippen molar-refractivity contribution in [3.63, 3.8) is 0 Å². The van der Waals surface area contributed by atoms with Crippen LogP contribution in [0.2, 0.25) is 0 Å². The van der Waals surface area contributed by atoms with Crippen LogP contribution in [0.1, 0.15) is 20.8 Å². The van der Waals surface area contributed by atoms with Crippen LogP contribution in [0.3, 0.4) is 0 Å². The molecule has 2 atom stereocenters. The lowest BCUT2D eigenvalue weighted by atomic mass is 9.66. The van der Waals surface area contributed by atoms with Crippen molar-refractivity contribution in [3.05, 3.63) is 11.6 Å². The molecule has 2 unspecified atom stereocenters. The fourth-order valence-electron chi connectivity index (χ4n) is 1.89. The summed E-state index contributed by atoms with van der Waals surface area (Å²) >= 11 is 0. The van der Waals surface area contributed by atoms with Crippen LogP contribution in [0.5, 0.6) is 0 Å². The van der Waals surface area contributed by atoms with Crippen LogP contribution in [0.15, 0.2) is 11.6 Å². The van der Waals surface area contributed by atoms with Crippen LogP contribution in [-0.4, -0.2) is 11.9 Å². The van der Waals surface area contributed by atoms with Crippen LogP contribution < -0.4 is 0 Å². The van der Waals surface area contributed by atoms with E-state index in [9.17, 15) is 9.59 Å². The van der Waals surface area contributed by atoms with Gasteiger partial charge in [-0.25, -0.2) is 0 Å². The summed E-state index contributed by atoms with van der Waals surface area (Å²) in [6.45, 7) is 6.10. The zero-order valence-corrected chi connectivity index (χ0v) is 7.96. The van der Waals surface area contributed by atoms with Gasteiger partial charge in [0.25, 0.3) is 0 Å². The van der Waals surface area contributed by atoms with Crippen molar-refractivity contribution >= 4 is 11.9 Å². The maximum Gasteiger partial charge on any atom is 0.321 e. The van der Waals surface area contributed by atoms with Crippen LogP contribution >= 0.6 is 0 Å². The average Bonchev–Trinajstić information content (AvgIpc) is 1.95. The Hall–Kier alpha value is -1.12. The Kier molecular flexibility index (Phi) is 1.45. The third kappa shape index (κ3) is 1.03. The topological polar surface area (TPSA) is 43.4 Å². The van der Waals surface area contributed by atoms with Crippen LogP contribution in [0, 0.1) is 17.3 Å². The van der Waals surface area contributed by atoms with Crippen molar-refractivity contribution in [2.45, 2.75) is 20.8 Å². The number of carbonyl (C=O) groups is 2. The summed E-state index contributed by atoms with van der Waals surface area (Å²) in [4.78, 5) is 22.3. The number of hydrogen-bond acceptors (Lipinski definition) is 3. The van der Waals surface area contributed by atoms with E-state index in [1.807, 2.05) is 26.8 Å². The number of hydrogen-bond donors (Lipinski definition) is 0. The highest BCUT2D eigenvalue weighted by Gasteiger charge is 2.53. The zero-order valence-electron chi connectivity index (χ0n) is 7.96. The van der Waals surface area contributed by atoms with E-state index in [-0.39, 0.29) is 29.2 Å². The molecule has 2 rings (SSSR count). The Morgan fingerprint density at radius 3 is 2.31 bits per heavy atom. The first-order chi connectivity index (χ1) is 5.91. The quantitative estimate of drug-likeness (QED) is 0.320. The molecular weight excluding hydrogens is 168 g/mol. The Morgan fingerprint density at radius 1 is 1.23 bits per heavy atom. The fraction of sp³-hybridized carbons (Fsp3) is 0.600. The van der Waals surface area contributed by atoms with Crippen LogP contribution in [-0.2, 0) is 14.3 Å². The summed E-state index contributed by atoms with van der Waals surface area (Å²) in [5.41, 5.74) is 0.999. The van der Waals surface area contributed by atoms with Crippen molar-refractivity contribution in [1.82, 2.24) is 0 Å². The first-order valence-electron chi connectivity index (χ1n) is 4.39. The number of carbonyl (C=O) groups excluding carboxylic acids is 2. The van der Waals surface area contributed by atoms with Gasteiger partial charge in [-0.2, -0.15) is 0 Å². The van der Waals surface area contributed by atoms with E-state index in [1.54, 1.807) is 0 Å². The lowest BCUT2D eigenvalue weighted by Crippen LogP contribution is -2.34. The second-order valence-corrected chi connectivity index (χ2v) is 4.62. The lowest BCUT2D eigenvalue weighted by Gasteiger charge is -2.34. The molecule has 3 heteroatoms.